The first-order valence-corrected chi connectivity index (χ1v) is 9.86. The van der Waals surface area contributed by atoms with Crippen LogP contribution >= 0.6 is 27.7 Å². The first-order chi connectivity index (χ1) is 12.6. The standard InChI is InChI=1S/C19H19BrN2O3S/c1-24-15-7-8-16(17(11-15)25-2)18(23)22-10-9-21-19(22)26-12-13-3-5-14(20)6-4-13/h3-8,11H,9-10,12H2,1-2H3. The van der Waals surface area contributed by atoms with Crippen molar-refractivity contribution in [1.29, 1.82) is 0 Å². The molecule has 1 amide bonds. The first kappa shape index (κ1) is 18.8. The minimum Gasteiger partial charge on any atom is -0.497 e. The van der Waals surface area contributed by atoms with E-state index in [1.807, 2.05) is 12.1 Å². The summed E-state index contributed by atoms with van der Waals surface area (Å²) < 4.78 is 11.6. The van der Waals surface area contributed by atoms with Gasteiger partial charge in [-0.15, -0.1) is 0 Å². The van der Waals surface area contributed by atoms with Crippen LogP contribution in [0.25, 0.3) is 0 Å². The lowest BCUT2D eigenvalue weighted by molar-refractivity contribution is 0.0857. The summed E-state index contributed by atoms with van der Waals surface area (Å²) in [6, 6.07) is 13.4. The van der Waals surface area contributed by atoms with Crippen LogP contribution in [0.15, 0.2) is 51.9 Å². The number of nitrogens with zero attached hydrogens (tertiary/aromatic N) is 2. The lowest BCUT2D eigenvalue weighted by Crippen LogP contribution is -2.33. The lowest BCUT2D eigenvalue weighted by atomic mass is 10.1. The maximum atomic E-state index is 13.0. The minimum absolute atomic E-state index is 0.107. The molecule has 1 aliphatic rings. The molecule has 0 bridgehead atoms. The molecule has 136 valence electrons. The smallest absolute Gasteiger partial charge is 0.263 e. The molecule has 0 saturated carbocycles. The van der Waals surface area contributed by atoms with Crippen molar-refractivity contribution in [2.45, 2.75) is 5.75 Å². The fourth-order valence-corrected chi connectivity index (χ4v) is 3.85. The Morgan fingerprint density at radius 3 is 2.65 bits per heavy atom. The predicted molar refractivity (Wildman–Crippen MR) is 108 cm³/mol. The van der Waals surface area contributed by atoms with Crippen LogP contribution in [0.2, 0.25) is 0 Å². The zero-order valence-corrected chi connectivity index (χ0v) is 17.0. The molecule has 0 spiro atoms. The molecule has 5 nitrogen and oxygen atoms in total. The molecular formula is C19H19BrN2O3S. The Hall–Kier alpha value is -1.99. The number of carbonyl (C=O) groups excluding carboxylic acids is 1. The van der Waals surface area contributed by atoms with Crippen molar-refractivity contribution in [3.63, 3.8) is 0 Å². The Balaban J connectivity index is 1.73. The molecule has 0 aliphatic carbocycles. The second-order valence-corrected chi connectivity index (χ2v) is 7.46. The number of aliphatic imine (C=N–C) groups is 1. The molecule has 1 heterocycles. The van der Waals surface area contributed by atoms with E-state index in [1.165, 1.54) is 5.56 Å². The summed E-state index contributed by atoms with van der Waals surface area (Å²) >= 11 is 5.01. The molecule has 0 N–H and O–H groups in total. The second kappa shape index (κ2) is 8.60. The third kappa shape index (κ3) is 4.22. The van der Waals surface area contributed by atoms with Gasteiger partial charge in [0.2, 0.25) is 0 Å². The predicted octanol–water partition coefficient (Wildman–Crippen LogP) is 4.21. The second-order valence-electron chi connectivity index (χ2n) is 5.60. The maximum Gasteiger partial charge on any atom is 0.263 e. The largest absolute Gasteiger partial charge is 0.497 e. The molecule has 26 heavy (non-hydrogen) atoms. The van der Waals surface area contributed by atoms with Crippen LogP contribution in [-0.4, -0.2) is 43.3 Å². The van der Waals surface area contributed by atoms with Crippen molar-refractivity contribution in [2.75, 3.05) is 27.3 Å². The topological polar surface area (TPSA) is 51.1 Å². The van der Waals surface area contributed by atoms with Gasteiger partial charge in [-0.05, 0) is 29.8 Å². The molecule has 7 heteroatoms. The number of hydrogen-bond acceptors (Lipinski definition) is 5. The van der Waals surface area contributed by atoms with Gasteiger partial charge in [0, 0.05) is 22.8 Å². The van der Waals surface area contributed by atoms with E-state index in [9.17, 15) is 4.79 Å². The Morgan fingerprint density at radius 1 is 1.19 bits per heavy atom. The lowest BCUT2D eigenvalue weighted by Gasteiger charge is -2.19. The quantitative estimate of drug-likeness (QED) is 0.706. The number of halogens is 1. The van der Waals surface area contributed by atoms with E-state index in [-0.39, 0.29) is 5.91 Å². The number of amidine groups is 1. The number of ether oxygens (including phenoxy) is 2. The van der Waals surface area contributed by atoms with Gasteiger partial charge in [-0.3, -0.25) is 14.7 Å². The van der Waals surface area contributed by atoms with Gasteiger partial charge >= 0.3 is 0 Å². The van der Waals surface area contributed by atoms with E-state index in [0.717, 1.165) is 15.4 Å². The van der Waals surface area contributed by atoms with E-state index < -0.39 is 0 Å². The van der Waals surface area contributed by atoms with Gasteiger partial charge in [0.25, 0.3) is 5.91 Å². The summed E-state index contributed by atoms with van der Waals surface area (Å²) in [7, 11) is 3.13. The van der Waals surface area contributed by atoms with Gasteiger partial charge in [-0.2, -0.15) is 0 Å². The Morgan fingerprint density at radius 2 is 1.96 bits per heavy atom. The van der Waals surface area contributed by atoms with Crippen LogP contribution < -0.4 is 9.47 Å². The van der Waals surface area contributed by atoms with Gasteiger partial charge in [-0.25, -0.2) is 0 Å². The number of thioether (sulfide) groups is 1. The fraction of sp³-hybridized carbons (Fsp3) is 0.263. The number of rotatable bonds is 5. The molecule has 0 radical (unpaired) electrons. The van der Waals surface area contributed by atoms with Gasteiger partial charge in [0.1, 0.15) is 11.5 Å². The molecule has 0 saturated heterocycles. The SMILES string of the molecule is COc1ccc(C(=O)N2CCN=C2SCc2ccc(Br)cc2)c(OC)c1. The van der Waals surface area contributed by atoms with Gasteiger partial charge in [0.15, 0.2) is 5.17 Å². The van der Waals surface area contributed by atoms with E-state index >= 15 is 0 Å². The van der Waals surface area contributed by atoms with E-state index in [2.05, 4.69) is 33.1 Å². The van der Waals surface area contributed by atoms with Crippen molar-refractivity contribution in [1.82, 2.24) is 4.90 Å². The maximum absolute atomic E-state index is 13.0. The fourth-order valence-electron chi connectivity index (χ4n) is 2.59. The number of methoxy groups -OCH3 is 2. The van der Waals surface area contributed by atoms with Crippen LogP contribution in [0.1, 0.15) is 15.9 Å². The molecule has 1 aliphatic heterocycles. The zero-order valence-electron chi connectivity index (χ0n) is 14.6. The molecule has 3 rings (SSSR count). The Bertz CT molecular complexity index is 824. The zero-order chi connectivity index (χ0) is 18.5. The summed E-state index contributed by atoms with van der Waals surface area (Å²) in [6.07, 6.45) is 0. The third-order valence-corrected chi connectivity index (χ3v) is 5.58. The number of amides is 1. The van der Waals surface area contributed by atoms with E-state index in [4.69, 9.17) is 9.47 Å². The van der Waals surface area contributed by atoms with Crippen molar-refractivity contribution < 1.29 is 14.3 Å². The Labute approximate surface area is 165 Å². The molecule has 0 atom stereocenters. The molecule has 0 aromatic heterocycles. The van der Waals surface area contributed by atoms with Crippen LogP contribution in [0.4, 0.5) is 0 Å². The average Bonchev–Trinajstić information content (AvgIpc) is 3.15. The minimum atomic E-state index is -0.107. The van der Waals surface area contributed by atoms with Crippen molar-refractivity contribution in [3.8, 4) is 11.5 Å². The number of hydrogen-bond donors (Lipinski definition) is 0. The molecular weight excluding hydrogens is 416 g/mol. The molecule has 2 aromatic carbocycles. The number of benzene rings is 2. The first-order valence-electron chi connectivity index (χ1n) is 8.08. The van der Waals surface area contributed by atoms with Crippen LogP contribution in [-0.2, 0) is 5.75 Å². The van der Waals surface area contributed by atoms with E-state index in [0.29, 0.717) is 30.2 Å². The average molecular weight is 435 g/mol. The van der Waals surface area contributed by atoms with Crippen LogP contribution in [0.3, 0.4) is 0 Å². The highest BCUT2D eigenvalue weighted by Crippen LogP contribution is 2.28. The highest BCUT2D eigenvalue weighted by atomic mass is 79.9. The van der Waals surface area contributed by atoms with Crippen LogP contribution in [0, 0.1) is 0 Å². The van der Waals surface area contributed by atoms with Crippen molar-refractivity contribution >= 4 is 38.8 Å². The molecule has 0 unspecified atom stereocenters. The van der Waals surface area contributed by atoms with Crippen LogP contribution in [0.5, 0.6) is 11.5 Å². The summed E-state index contributed by atoms with van der Waals surface area (Å²) in [4.78, 5) is 19.2. The van der Waals surface area contributed by atoms with Gasteiger partial charge in [-0.1, -0.05) is 39.8 Å². The van der Waals surface area contributed by atoms with Gasteiger partial charge < -0.3 is 9.47 Å². The third-order valence-electron chi connectivity index (χ3n) is 3.97. The molecule has 0 fully saturated rings. The van der Waals surface area contributed by atoms with Gasteiger partial charge in [0.05, 0.1) is 26.3 Å². The summed E-state index contributed by atoms with van der Waals surface area (Å²) in [5, 5.41) is 0.746. The normalized spacial score (nSPS) is 13.5. The monoisotopic (exact) mass is 434 g/mol. The summed E-state index contributed by atoms with van der Waals surface area (Å²) in [5.41, 5.74) is 1.69. The van der Waals surface area contributed by atoms with E-state index in [1.54, 1.807) is 49.1 Å². The number of carbonyl (C=O) groups is 1. The molecule has 2 aromatic rings. The summed E-state index contributed by atoms with van der Waals surface area (Å²) in [6.45, 7) is 1.20. The van der Waals surface area contributed by atoms with Crippen molar-refractivity contribution in [2.24, 2.45) is 4.99 Å². The summed E-state index contributed by atoms with van der Waals surface area (Å²) in [5.74, 6) is 1.80. The highest BCUT2D eigenvalue weighted by molar-refractivity contribution is 9.10. The van der Waals surface area contributed by atoms with Crippen molar-refractivity contribution in [3.05, 3.63) is 58.1 Å². The highest BCUT2D eigenvalue weighted by Gasteiger charge is 2.27. The Kier molecular flexibility index (Phi) is 6.21.